The lowest BCUT2D eigenvalue weighted by Gasteiger charge is -2.11. The molecule has 112 valence electrons. The summed E-state index contributed by atoms with van der Waals surface area (Å²) in [4.78, 5) is 4.24. The van der Waals surface area contributed by atoms with Gasteiger partial charge in [0, 0.05) is 6.54 Å². The molecule has 2 aromatic rings. The maximum Gasteiger partial charge on any atom is 0.161 e. The van der Waals surface area contributed by atoms with Crippen molar-refractivity contribution in [1.82, 2.24) is 4.98 Å². The Bertz CT molecular complexity index is 612. The zero-order valence-corrected chi connectivity index (χ0v) is 13.5. The average Bonchev–Trinajstić information content (AvgIpc) is 2.47. The number of nitrogens with one attached hydrogen (secondary N) is 2. The fourth-order valence-corrected chi connectivity index (χ4v) is 2.38. The molecule has 0 radical (unpaired) electrons. The van der Waals surface area contributed by atoms with Crippen molar-refractivity contribution in [1.29, 1.82) is 0 Å². The van der Waals surface area contributed by atoms with Gasteiger partial charge in [0.15, 0.2) is 5.82 Å². The predicted molar refractivity (Wildman–Crippen MR) is 89.9 cm³/mol. The summed E-state index contributed by atoms with van der Waals surface area (Å²) in [6, 6.07) is 10.1. The van der Waals surface area contributed by atoms with Crippen molar-refractivity contribution in [3.63, 3.8) is 0 Å². The third-order valence-electron chi connectivity index (χ3n) is 3.17. The molecule has 0 saturated carbocycles. The molecule has 6 heteroatoms. The lowest BCUT2D eigenvalue weighted by Crippen LogP contribution is -2.11. The van der Waals surface area contributed by atoms with Crippen molar-refractivity contribution in [2.45, 2.75) is 26.3 Å². The van der Waals surface area contributed by atoms with Crippen molar-refractivity contribution in [2.24, 2.45) is 5.84 Å². The van der Waals surface area contributed by atoms with Crippen LogP contribution in [0.3, 0.4) is 0 Å². The van der Waals surface area contributed by atoms with E-state index in [-0.39, 0.29) is 0 Å². The molecule has 1 heterocycles. The minimum Gasteiger partial charge on any atom is -0.365 e. The highest BCUT2D eigenvalue weighted by Crippen LogP contribution is 2.29. The van der Waals surface area contributed by atoms with Crippen LogP contribution in [0.4, 0.5) is 11.6 Å². The minimum absolute atomic E-state index is 0.384. The SMILES string of the molecule is CC(C)c1ccc(CNc2nc(NN)c(Cl)cc2Cl)cc1. The van der Waals surface area contributed by atoms with Gasteiger partial charge < -0.3 is 10.7 Å². The largest absolute Gasteiger partial charge is 0.365 e. The Labute approximate surface area is 134 Å². The fourth-order valence-electron chi connectivity index (χ4n) is 1.90. The maximum atomic E-state index is 6.11. The normalized spacial score (nSPS) is 10.8. The first-order valence-corrected chi connectivity index (χ1v) is 7.42. The number of nitrogen functional groups attached to an aromatic ring is 1. The third-order valence-corrected chi connectivity index (χ3v) is 3.75. The first-order valence-electron chi connectivity index (χ1n) is 6.66. The highest BCUT2D eigenvalue weighted by molar-refractivity contribution is 6.37. The molecule has 1 aromatic carbocycles. The summed E-state index contributed by atoms with van der Waals surface area (Å²) in [5, 5.41) is 4.02. The van der Waals surface area contributed by atoms with E-state index >= 15 is 0 Å². The van der Waals surface area contributed by atoms with Gasteiger partial charge in [-0.05, 0) is 23.1 Å². The Balaban J connectivity index is 2.09. The van der Waals surface area contributed by atoms with Gasteiger partial charge in [-0.1, -0.05) is 61.3 Å². The van der Waals surface area contributed by atoms with Gasteiger partial charge in [-0.15, -0.1) is 0 Å². The van der Waals surface area contributed by atoms with Gasteiger partial charge in [0.05, 0.1) is 10.0 Å². The van der Waals surface area contributed by atoms with Crippen LogP contribution >= 0.6 is 23.2 Å². The molecule has 0 unspecified atom stereocenters. The second kappa shape index (κ2) is 6.98. The van der Waals surface area contributed by atoms with Crippen LogP contribution in [0.15, 0.2) is 30.3 Å². The van der Waals surface area contributed by atoms with E-state index in [0.29, 0.717) is 34.1 Å². The Morgan fingerprint density at radius 3 is 2.29 bits per heavy atom. The van der Waals surface area contributed by atoms with Gasteiger partial charge in [-0.3, -0.25) is 0 Å². The van der Waals surface area contributed by atoms with Crippen LogP contribution in [0.5, 0.6) is 0 Å². The van der Waals surface area contributed by atoms with Crippen molar-refractivity contribution in [3.05, 3.63) is 51.5 Å². The monoisotopic (exact) mass is 324 g/mol. The van der Waals surface area contributed by atoms with Gasteiger partial charge in [-0.2, -0.15) is 0 Å². The summed E-state index contributed by atoms with van der Waals surface area (Å²) in [5.41, 5.74) is 4.90. The minimum atomic E-state index is 0.384. The van der Waals surface area contributed by atoms with Crippen LogP contribution < -0.4 is 16.6 Å². The van der Waals surface area contributed by atoms with Gasteiger partial charge >= 0.3 is 0 Å². The third kappa shape index (κ3) is 4.00. The lowest BCUT2D eigenvalue weighted by molar-refractivity contribution is 0.865. The molecular formula is C15H18Cl2N4. The number of nitrogens with zero attached hydrogens (tertiary/aromatic N) is 1. The predicted octanol–water partition coefficient (Wildman–Crippen LogP) is 4.41. The molecule has 0 aliphatic rings. The summed E-state index contributed by atoms with van der Waals surface area (Å²) in [6.45, 7) is 4.97. The van der Waals surface area contributed by atoms with E-state index in [9.17, 15) is 0 Å². The van der Waals surface area contributed by atoms with E-state index in [0.717, 1.165) is 5.56 Å². The second-order valence-corrected chi connectivity index (χ2v) is 5.86. The van der Waals surface area contributed by atoms with Gasteiger partial charge in [-0.25, -0.2) is 10.8 Å². The molecule has 2 rings (SSSR count). The van der Waals surface area contributed by atoms with E-state index in [1.165, 1.54) is 5.56 Å². The average molecular weight is 325 g/mol. The highest BCUT2D eigenvalue weighted by Gasteiger charge is 2.08. The van der Waals surface area contributed by atoms with Crippen molar-refractivity contribution >= 4 is 34.8 Å². The summed E-state index contributed by atoms with van der Waals surface area (Å²) in [7, 11) is 0. The Hall–Kier alpha value is -1.49. The molecule has 0 bridgehead atoms. The van der Waals surface area contributed by atoms with Crippen molar-refractivity contribution < 1.29 is 0 Å². The number of hydrogen-bond donors (Lipinski definition) is 3. The number of anilines is 2. The number of pyridine rings is 1. The number of hydrogen-bond acceptors (Lipinski definition) is 4. The Kier molecular flexibility index (Phi) is 5.28. The van der Waals surface area contributed by atoms with Crippen molar-refractivity contribution in [3.8, 4) is 0 Å². The lowest BCUT2D eigenvalue weighted by atomic mass is 10.0. The first-order chi connectivity index (χ1) is 10.0. The number of nitrogens with two attached hydrogens (primary N) is 1. The molecule has 0 amide bonds. The van der Waals surface area contributed by atoms with E-state index in [1.807, 2.05) is 0 Å². The molecule has 4 nitrogen and oxygen atoms in total. The van der Waals surface area contributed by atoms with Crippen LogP contribution in [0.2, 0.25) is 10.0 Å². The van der Waals surface area contributed by atoms with E-state index in [2.05, 4.69) is 53.8 Å². The van der Waals surface area contributed by atoms with Crippen LogP contribution in [-0.2, 0) is 6.54 Å². The van der Waals surface area contributed by atoms with Gasteiger partial charge in [0.1, 0.15) is 5.82 Å². The van der Waals surface area contributed by atoms with E-state index < -0.39 is 0 Å². The highest BCUT2D eigenvalue weighted by atomic mass is 35.5. The molecule has 1 aromatic heterocycles. The smallest absolute Gasteiger partial charge is 0.161 e. The molecule has 0 saturated heterocycles. The summed E-state index contributed by atoms with van der Waals surface area (Å²) >= 11 is 12.1. The summed E-state index contributed by atoms with van der Waals surface area (Å²) in [6.07, 6.45) is 0. The number of benzene rings is 1. The zero-order valence-electron chi connectivity index (χ0n) is 12.0. The summed E-state index contributed by atoms with van der Waals surface area (Å²) < 4.78 is 0. The van der Waals surface area contributed by atoms with Crippen LogP contribution in [0.1, 0.15) is 30.9 Å². The van der Waals surface area contributed by atoms with Gasteiger partial charge in [0.2, 0.25) is 0 Å². The molecular weight excluding hydrogens is 307 g/mol. The molecule has 0 aliphatic carbocycles. The molecule has 0 spiro atoms. The van der Waals surface area contributed by atoms with Crippen LogP contribution in [0, 0.1) is 0 Å². The van der Waals surface area contributed by atoms with Crippen LogP contribution in [-0.4, -0.2) is 4.98 Å². The first kappa shape index (κ1) is 15.9. The number of aromatic nitrogens is 1. The molecule has 4 N–H and O–H groups in total. The fraction of sp³-hybridized carbons (Fsp3) is 0.267. The number of halogens is 2. The van der Waals surface area contributed by atoms with Gasteiger partial charge in [0.25, 0.3) is 0 Å². The summed E-state index contributed by atoms with van der Waals surface area (Å²) in [5.74, 6) is 6.81. The van der Waals surface area contributed by atoms with E-state index in [1.54, 1.807) is 6.07 Å². The molecule has 0 atom stereocenters. The van der Waals surface area contributed by atoms with E-state index in [4.69, 9.17) is 29.0 Å². The molecule has 0 aliphatic heterocycles. The van der Waals surface area contributed by atoms with Crippen LogP contribution in [0.25, 0.3) is 0 Å². The van der Waals surface area contributed by atoms with Crippen molar-refractivity contribution in [2.75, 3.05) is 10.7 Å². The number of rotatable bonds is 5. The molecule has 0 fully saturated rings. The quantitative estimate of drug-likeness (QED) is 0.563. The Morgan fingerprint density at radius 1 is 1.10 bits per heavy atom. The maximum absolute atomic E-state index is 6.11. The number of hydrazine groups is 1. The topological polar surface area (TPSA) is 63.0 Å². The molecule has 21 heavy (non-hydrogen) atoms. The Morgan fingerprint density at radius 2 is 1.71 bits per heavy atom. The second-order valence-electron chi connectivity index (χ2n) is 5.04. The standard InChI is InChI=1S/C15H18Cl2N4/c1-9(2)11-5-3-10(4-6-11)8-19-14-12(16)7-13(17)15(20-14)21-18/h3-7,9H,8,18H2,1-2H3,(H2,19,20,21). The zero-order chi connectivity index (χ0) is 15.4.